The molecule has 98 valence electrons. The van der Waals surface area contributed by atoms with Gasteiger partial charge in [-0.05, 0) is 47.1 Å². The molecule has 0 aliphatic heterocycles. The highest BCUT2D eigenvalue weighted by molar-refractivity contribution is 9.11. The summed E-state index contributed by atoms with van der Waals surface area (Å²) in [4.78, 5) is 9.21. The van der Waals surface area contributed by atoms with Crippen LogP contribution in [0.1, 0.15) is 23.7 Å². The van der Waals surface area contributed by atoms with Crippen LogP contribution in [0.2, 0.25) is 0 Å². The first-order chi connectivity index (χ1) is 9.22. The van der Waals surface area contributed by atoms with Gasteiger partial charge in [-0.15, -0.1) is 11.3 Å². The molecule has 3 rings (SSSR count). The van der Waals surface area contributed by atoms with E-state index >= 15 is 0 Å². The second kappa shape index (κ2) is 5.45. The first-order valence-electron chi connectivity index (χ1n) is 6.14. The minimum Gasteiger partial charge on any atom is -0.341 e. The number of fused-ring (bicyclic) bond motifs is 1. The van der Waals surface area contributed by atoms with Crippen molar-refractivity contribution < 1.29 is 0 Å². The third-order valence-corrected chi connectivity index (χ3v) is 4.84. The summed E-state index contributed by atoms with van der Waals surface area (Å²) in [5, 5.41) is 3.49. The summed E-state index contributed by atoms with van der Waals surface area (Å²) in [5.41, 5.74) is 2.11. The largest absolute Gasteiger partial charge is 0.341 e. The average molecular weight is 336 g/mol. The van der Waals surface area contributed by atoms with Crippen molar-refractivity contribution in [2.45, 2.75) is 19.5 Å². The van der Waals surface area contributed by atoms with Crippen LogP contribution < -0.4 is 5.32 Å². The van der Waals surface area contributed by atoms with Gasteiger partial charge in [-0.3, -0.25) is 0 Å². The molecule has 5 heteroatoms. The molecule has 1 unspecified atom stereocenters. The van der Waals surface area contributed by atoms with E-state index in [2.05, 4.69) is 50.3 Å². The number of aromatic amines is 1. The minimum atomic E-state index is 0.324. The van der Waals surface area contributed by atoms with Crippen molar-refractivity contribution in [2.24, 2.45) is 0 Å². The summed E-state index contributed by atoms with van der Waals surface area (Å²) >= 11 is 5.25. The summed E-state index contributed by atoms with van der Waals surface area (Å²) in [5.74, 6) is 0.976. The van der Waals surface area contributed by atoms with Gasteiger partial charge in [-0.1, -0.05) is 12.1 Å². The van der Waals surface area contributed by atoms with E-state index < -0.39 is 0 Å². The molecule has 1 atom stereocenters. The molecule has 3 nitrogen and oxygen atoms in total. The Labute approximate surface area is 124 Å². The van der Waals surface area contributed by atoms with E-state index in [0.717, 1.165) is 23.4 Å². The number of hydrogen-bond donors (Lipinski definition) is 2. The van der Waals surface area contributed by atoms with E-state index in [1.54, 1.807) is 11.3 Å². The Morgan fingerprint density at radius 3 is 2.89 bits per heavy atom. The summed E-state index contributed by atoms with van der Waals surface area (Å²) in [7, 11) is 0. The molecular weight excluding hydrogens is 322 g/mol. The van der Waals surface area contributed by atoms with Crippen molar-refractivity contribution in [3.8, 4) is 0 Å². The fourth-order valence-corrected chi connectivity index (χ4v) is 3.45. The summed E-state index contributed by atoms with van der Waals surface area (Å²) in [6.45, 7) is 2.91. The second-order valence-electron chi connectivity index (χ2n) is 4.45. The van der Waals surface area contributed by atoms with Crippen LogP contribution in [0.15, 0.2) is 40.2 Å². The van der Waals surface area contributed by atoms with E-state index in [-0.39, 0.29) is 0 Å². The van der Waals surface area contributed by atoms with Crippen LogP contribution >= 0.6 is 27.3 Å². The van der Waals surface area contributed by atoms with Gasteiger partial charge < -0.3 is 10.3 Å². The monoisotopic (exact) mass is 335 g/mol. The molecule has 2 aromatic heterocycles. The minimum absolute atomic E-state index is 0.324. The van der Waals surface area contributed by atoms with Crippen LogP contribution in [0.5, 0.6) is 0 Å². The molecule has 3 aromatic rings. The van der Waals surface area contributed by atoms with Gasteiger partial charge in [0.2, 0.25) is 0 Å². The molecule has 0 spiro atoms. The average Bonchev–Trinajstić information content (AvgIpc) is 3.01. The SMILES string of the molecule is CC(NCc1nc2ccccc2[nH]1)c1ccc(Br)s1. The van der Waals surface area contributed by atoms with Gasteiger partial charge in [-0.2, -0.15) is 0 Å². The molecule has 0 saturated heterocycles. The lowest BCUT2D eigenvalue weighted by molar-refractivity contribution is 0.570. The van der Waals surface area contributed by atoms with E-state index in [1.165, 1.54) is 8.66 Å². The summed E-state index contributed by atoms with van der Waals surface area (Å²) in [6, 6.07) is 12.6. The number of hydrogen-bond acceptors (Lipinski definition) is 3. The molecule has 0 saturated carbocycles. The molecule has 19 heavy (non-hydrogen) atoms. The first-order valence-corrected chi connectivity index (χ1v) is 7.75. The predicted octanol–water partition coefficient (Wildman–Crippen LogP) is 4.24. The molecule has 0 bridgehead atoms. The van der Waals surface area contributed by atoms with Crippen LogP contribution in [0.4, 0.5) is 0 Å². The Balaban J connectivity index is 1.68. The number of halogens is 1. The van der Waals surface area contributed by atoms with E-state index in [1.807, 2.05) is 24.3 Å². The zero-order valence-corrected chi connectivity index (χ0v) is 12.9. The van der Waals surface area contributed by atoms with Gasteiger partial charge in [0.1, 0.15) is 5.82 Å². The topological polar surface area (TPSA) is 40.7 Å². The van der Waals surface area contributed by atoms with Gasteiger partial charge in [0, 0.05) is 10.9 Å². The number of nitrogens with one attached hydrogen (secondary N) is 2. The normalized spacial score (nSPS) is 12.9. The van der Waals surface area contributed by atoms with Gasteiger partial charge in [0.05, 0.1) is 21.4 Å². The van der Waals surface area contributed by atoms with Crippen molar-refractivity contribution in [3.05, 3.63) is 50.9 Å². The van der Waals surface area contributed by atoms with Gasteiger partial charge in [0.15, 0.2) is 0 Å². The van der Waals surface area contributed by atoms with Crippen LogP contribution in [0.25, 0.3) is 11.0 Å². The Hall–Kier alpha value is -1.17. The molecule has 0 radical (unpaired) electrons. The Morgan fingerprint density at radius 1 is 1.32 bits per heavy atom. The maximum Gasteiger partial charge on any atom is 0.121 e. The Bertz CT molecular complexity index is 656. The van der Waals surface area contributed by atoms with Crippen LogP contribution in [-0.2, 0) is 6.54 Å². The molecule has 1 aromatic carbocycles. The smallest absolute Gasteiger partial charge is 0.121 e. The summed E-state index contributed by atoms with van der Waals surface area (Å²) < 4.78 is 1.17. The van der Waals surface area contributed by atoms with Crippen LogP contribution in [-0.4, -0.2) is 9.97 Å². The van der Waals surface area contributed by atoms with Crippen molar-refractivity contribution in [1.29, 1.82) is 0 Å². The maximum absolute atomic E-state index is 4.56. The number of rotatable bonds is 4. The Morgan fingerprint density at radius 2 is 2.16 bits per heavy atom. The van der Waals surface area contributed by atoms with Crippen molar-refractivity contribution in [3.63, 3.8) is 0 Å². The first kappa shape index (κ1) is 12.8. The maximum atomic E-state index is 4.56. The molecule has 2 heterocycles. The van der Waals surface area contributed by atoms with Crippen LogP contribution in [0, 0.1) is 0 Å². The third-order valence-electron chi connectivity index (χ3n) is 3.03. The molecule has 0 aliphatic rings. The van der Waals surface area contributed by atoms with E-state index in [4.69, 9.17) is 0 Å². The Kier molecular flexibility index (Phi) is 3.68. The fraction of sp³-hybridized carbons (Fsp3) is 0.214. The zero-order chi connectivity index (χ0) is 13.2. The highest BCUT2D eigenvalue weighted by Gasteiger charge is 2.09. The summed E-state index contributed by atoms with van der Waals surface area (Å²) in [6.07, 6.45) is 0. The predicted molar refractivity (Wildman–Crippen MR) is 83.4 cm³/mol. The molecule has 0 fully saturated rings. The van der Waals surface area contributed by atoms with Gasteiger partial charge in [0.25, 0.3) is 0 Å². The van der Waals surface area contributed by atoms with E-state index in [9.17, 15) is 0 Å². The van der Waals surface area contributed by atoms with E-state index in [0.29, 0.717) is 6.04 Å². The number of thiophene rings is 1. The van der Waals surface area contributed by atoms with Crippen molar-refractivity contribution in [1.82, 2.24) is 15.3 Å². The standard InChI is InChI=1S/C14H14BrN3S/c1-9(12-6-7-13(15)19-12)16-8-14-17-10-4-2-3-5-11(10)18-14/h2-7,9,16H,8H2,1H3,(H,17,18). The molecule has 0 aliphatic carbocycles. The van der Waals surface area contributed by atoms with Crippen molar-refractivity contribution in [2.75, 3.05) is 0 Å². The number of para-hydroxylation sites is 2. The molecule has 0 amide bonds. The number of imidazole rings is 1. The number of aromatic nitrogens is 2. The number of benzene rings is 1. The second-order valence-corrected chi connectivity index (χ2v) is 6.94. The third kappa shape index (κ3) is 2.88. The fourth-order valence-electron chi connectivity index (χ4n) is 2.00. The molecular formula is C14H14BrN3S. The highest BCUT2D eigenvalue weighted by Crippen LogP contribution is 2.27. The van der Waals surface area contributed by atoms with Crippen LogP contribution in [0.3, 0.4) is 0 Å². The lowest BCUT2D eigenvalue weighted by atomic mass is 10.3. The lowest BCUT2D eigenvalue weighted by Gasteiger charge is -2.10. The van der Waals surface area contributed by atoms with Crippen molar-refractivity contribution >= 4 is 38.3 Å². The van der Waals surface area contributed by atoms with Gasteiger partial charge in [-0.25, -0.2) is 4.98 Å². The molecule has 2 N–H and O–H groups in total. The van der Waals surface area contributed by atoms with Gasteiger partial charge >= 0.3 is 0 Å². The number of H-pyrrole nitrogens is 1. The highest BCUT2D eigenvalue weighted by atomic mass is 79.9. The number of nitrogens with zero attached hydrogens (tertiary/aromatic N) is 1. The quantitative estimate of drug-likeness (QED) is 0.748. The zero-order valence-electron chi connectivity index (χ0n) is 10.5. The lowest BCUT2D eigenvalue weighted by Crippen LogP contribution is -2.17.